The quantitative estimate of drug-likeness (QED) is 0.656. The molecule has 1 N–H and O–H groups in total. The first-order valence-corrected chi connectivity index (χ1v) is 7.07. The number of nitrogens with one attached hydrogen (secondary N) is 1. The van der Waals surface area contributed by atoms with Crippen molar-refractivity contribution in [3.05, 3.63) is 16.3 Å². The fourth-order valence-electron chi connectivity index (χ4n) is 2.41. The number of hydrogen-bond donors (Lipinski definition) is 1. The van der Waals surface area contributed by atoms with Crippen molar-refractivity contribution in [1.82, 2.24) is 9.97 Å². The summed E-state index contributed by atoms with van der Waals surface area (Å²) in [5.74, 6) is 0.337. The van der Waals surface area contributed by atoms with Crippen LogP contribution in [0.25, 0.3) is 0 Å². The van der Waals surface area contributed by atoms with Gasteiger partial charge >= 0.3 is 5.69 Å². The first-order valence-electron chi connectivity index (χ1n) is 7.07. The van der Waals surface area contributed by atoms with Crippen LogP contribution in [0.4, 0.5) is 11.6 Å². The minimum absolute atomic E-state index is 0.0113. The summed E-state index contributed by atoms with van der Waals surface area (Å²) in [5, 5.41) is 14.0. The van der Waals surface area contributed by atoms with E-state index in [4.69, 9.17) is 9.47 Å². The van der Waals surface area contributed by atoms with Crippen molar-refractivity contribution in [2.75, 3.05) is 11.9 Å². The van der Waals surface area contributed by atoms with Crippen molar-refractivity contribution < 1.29 is 14.4 Å². The Morgan fingerprint density at radius 2 is 2.14 bits per heavy atom. The normalized spacial score (nSPS) is 25.4. The molecule has 2 rings (SSSR count). The van der Waals surface area contributed by atoms with Crippen molar-refractivity contribution in [3.63, 3.8) is 0 Å². The maximum atomic E-state index is 11.1. The third-order valence-corrected chi connectivity index (χ3v) is 3.20. The van der Waals surface area contributed by atoms with Crippen LogP contribution in [0.3, 0.4) is 0 Å². The Hall–Kier alpha value is -1.96. The molecule has 8 nitrogen and oxygen atoms in total. The molecular formula is C13H20N4O4. The van der Waals surface area contributed by atoms with Crippen LogP contribution in [0.15, 0.2) is 6.20 Å². The maximum Gasteiger partial charge on any atom is 0.349 e. The van der Waals surface area contributed by atoms with Crippen LogP contribution in [0.2, 0.25) is 0 Å². The number of hydrogen-bond acceptors (Lipinski definition) is 7. The van der Waals surface area contributed by atoms with Gasteiger partial charge < -0.3 is 14.8 Å². The zero-order valence-electron chi connectivity index (χ0n) is 12.4. The number of anilines is 1. The van der Waals surface area contributed by atoms with Crippen LogP contribution < -0.4 is 10.1 Å². The second kappa shape index (κ2) is 6.66. The van der Waals surface area contributed by atoms with Gasteiger partial charge in [0.15, 0.2) is 0 Å². The van der Waals surface area contributed by atoms with E-state index in [2.05, 4.69) is 15.3 Å². The highest BCUT2D eigenvalue weighted by molar-refractivity contribution is 5.43. The summed E-state index contributed by atoms with van der Waals surface area (Å²) in [4.78, 5) is 18.5. The van der Waals surface area contributed by atoms with Gasteiger partial charge in [0.05, 0.1) is 17.1 Å². The number of nitrogens with zero attached hydrogens (tertiary/aromatic N) is 3. The van der Waals surface area contributed by atoms with Gasteiger partial charge in [-0.25, -0.2) is 4.98 Å². The Morgan fingerprint density at radius 1 is 1.48 bits per heavy atom. The van der Waals surface area contributed by atoms with Crippen LogP contribution in [-0.2, 0) is 4.74 Å². The minimum Gasteiger partial charge on any atom is -0.469 e. The van der Waals surface area contributed by atoms with Crippen LogP contribution in [0.5, 0.6) is 5.88 Å². The van der Waals surface area contributed by atoms with Crippen molar-refractivity contribution in [2.45, 2.75) is 51.9 Å². The summed E-state index contributed by atoms with van der Waals surface area (Å²) in [7, 11) is 0. The predicted molar refractivity (Wildman–Crippen MR) is 76.5 cm³/mol. The molecule has 2 unspecified atom stereocenters. The van der Waals surface area contributed by atoms with Gasteiger partial charge in [0.2, 0.25) is 5.95 Å². The molecule has 2 atom stereocenters. The van der Waals surface area contributed by atoms with E-state index in [9.17, 15) is 10.1 Å². The molecule has 0 aromatic carbocycles. The first-order chi connectivity index (χ1) is 9.99. The molecular weight excluding hydrogens is 276 g/mol. The monoisotopic (exact) mass is 296 g/mol. The highest BCUT2D eigenvalue weighted by atomic mass is 16.6. The second-order valence-corrected chi connectivity index (χ2v) is 5.14. The molecule has 2 heterocycles. The SMILES string of the molecule is CCNc1ncc([N+](=O)[O-])c(OC2CC(C)OC(C)C2)n1. The van der Waals surface area contributed by atoms with E-state index in [1.54, 1.807) is 0 Å². The van der Waals surface area contributed by atoms with Crippen LogP contribution in [0.1, 0.15) is 33.6 Å². The van der Waals surface area contributed by atoms with Gasteiger partial charge in [-0.15, -0.1) is 0 Å². The second-order valence-electron chi connectivity index (χ2n) is 5.14. The summed E-state index contributed by atoms with van der Waals surface area (Å²) < 4.78 is 11.4. The Kier molecular flexibility index (Phi) is 4.89. The molecule has 0 bridgehead atoms. The topological polar surface area (TPSA) is 99.4 Å². The van der Waals surface area contributed by atoms with Gasteiger partial charge in [-0.3, -0.25) is 10.1 Å². The smallest absolute Gasteiger partial charge is 0.349 e. The predicted octanol–water partition coefficient (Wildman–Crippen LogP) is 2.15. The summed E-state index contributed by atoms with van der Waals surface area (Å²) in [6.45, 7) is 6.45. The molecule has 1 aromatic rings. The molecule has 1 aliphatic rings. The Morgan fingerprint density at radius 3 is 2.71 bits per heavy atom. The molecule has 0 radical (unpaired) electrons. The Bertz CT molecular complexity index is 501. The summed E-state index contributed by atoms with van der Waals surface area (Å²) in [5.41, 5.74) is -0.219. The fourth-order valence-corrected chi connectivity index (χ4v) is 2.41. The standard InChI is InChI=1S/C13H20N4O4/c1-4-14-13-15-7-11(17(18)19)12(16-13)21-10-5-8(2)20-9(3)6-10/h7-10H,4-6H2,1-3H3,(H,14,15,16). The zero-order valence-corrected chi connectivity index (χ0v) is 12.4. The van der Waals surface area contributed by atoms with E-state index in [0.717, 1.165) is 0 Å². The van der Waals surface area contributed by atoms with Crippen molar-refractivity contribution in [3.8, 4) is 5.88 Å². The lowest BCUT2D eigenvalue weighted by atomic mass is 10.0. The molecule has 1 saturated heterocycles. The Labute approximate surface area is 123 Å². The minimum atomic E-state index is -0.531. The summed E-state index contributed by atoms with van der Waals surface area (Å²) in [6, 6.07) is 0. The third-order valence-electron chi connectivity index (χ3n) is 3.20. The average Bonchev–Trinajstić information content (AvgIpc) is 2.37. The first kappa shape index (κ1) is 15.4. The molecule has 8 heteroatoms. The number of rotatable bonds is 5. The highest BCUT2D eigenvalue weighted by Crippen LogP contribution is 2.29. The summed E-state index contributed by atoms with van der Waals surface area (Å²) >= 11 is 0. The molecule has 21 heavy (non-hydrogen) atoms. The van der Waals surface area contributed by atoms with Crippen LogP contribution in [-0.4, -0.2) is 39.7 Å². The van der Waals surface area contributed by atoms with Crippen molar-refractivity contribution in [1.29, 1.82) is 0 Å². The number of nitro groups is 1. The van der Waals surface area contributed by atoms with Crippen LogP contribution in [0, 0.1) is 10.1 Å². The third kappa shape index (κ3) is 4.01. The highest BCUT2D eigenvalue weighted by Gasteiger charge is 2.29. The maximum absolute atomic E-state index is 11.1. The van der Waals surface area contributed by atoms with Crippen LogP contribution >= 0.6 is 0 Å². The zero-order chi connectivity index (χ0) is 15.4. The number of aromatic nitrogens is 2. The molecule has 1 aromatic heterocycles. The Balaban J connectivity index is 2.19. The molecule has 1 aliphatic heterocycles. The van der Waals surface area contributed by atoms with E-state index >= 15 is 0 Å². The van der Waals surface area contributed by atoms with Crippen molar-refractivity contribution in [2.24, 2.45) is 0 Å². The van der Waals surface area contributed by atoms with Gasteiger partial charge in [0.1, 0.15) is 12.3 Å². The van der Waals surface area contributed by atoms with E-state index in [0.29, 0.717) is 25.3 Å². The molecule has 1 fully saturated rings. The van der Waals surface area contributed by atoms with E-state index in [1.807, 2.05) is 20.8 Å². The molecule has 0 spiro atoms. The lowest BCUT2D eigenvalue weighted by Crippen LogP contribution is -2.36. The average molecular weight is 296 g/mol. The van der Waals surface area contributed by atoms with Gasteiger partial charge in [-0.05, 0) is 20.8 Å². The van der Waals surface area contributed by atoms with E-state index < -0.39 is 4.92 Å². The van der Waals surface area contributed by atoms with Gasteiger partial charge in [-0.2, -0.15) is 4.98 Å². The fraction of sp³-hybridized carbons (Fsp3) is 0.692. The molecule has 0 aliphatic carbocycles. The van der Waals surface area contributed by atoms with Crippen molar-refractivity contribution >= 4 is 11.6 Å². The number of ether oxygens (including phenoxy) is 2. The van der Waals surface area contributed by atoms with Gasteiger partial charge in [0.25, 0.3) is 5.88 Å². The summed E-state index contributed by atoms with van der Waals surface area (Å²) in [6.07, 6.45) is 2.52. The van der Waals surface area contributed by atoms with Gasteiger partial charge in [-0.1, -0.05) is 0 Å². The molecule has 116 valence electrons. The van der Waals surface area contributed by atoms with Gasteiger partial charge in [0, 0.05) is 19.4 Å². The largest absolute Gasteiger partial charge is 0.469 e. The lowest BCUT2D eigenvalue weighted by molar-refractivity contribution is -0.386. The van der Waals surface area contributed by atoms with E-state index in [-0.39, 0.29) is 29.9 Å². The molecule has 0 saturated carbocycles. The van der Waals surface area contributed by atoms with E-state index in [1.165, 1.54) is 6.20 Å². The lowest BCUT2D eigenvalue weighted by Gasteiger charge is -2.31. The molecule has 0 amide bonds.